The third-order valence-corrected chi connectivity index (χ3v) is 6.08. The largest absolute Gasteiger partial charge is 0.497 e. The van der Waals surface area contributed by atoms with Crippen LogP contribution in [0.4, 0.5) is 0 Å². The molecule has 0 bridgehead atoms. The quantitative estimate of drug-likeness (QED) is 0.588. The van der Waals surface area contributed by atoms with Crippen molar-refractivity contribution in [3.63, 3.8) is 0 Å². The highest BCUT2D eigenvalue weighted by Crippen LogP contribution is 2.23. The van der Waals surface area contributed by atoms with E-state index in [4.69, 9.17) is 9.15 Å². The van der Waals surface area contributed by atoms with E-state index in [0.29, 0.717) is 51.2 Å². The first kappa shape index (κ1) is 22.6. The van der Waals surface area contributed by atoms with Crippen molar-refractivity contribution < 1.29 is 18.7 Å². The molecule has 1 aromatic carbocycles. The van der Waals surface area contributed by atoms with E-state index >= 15 is 0 Å². The molecule has 1 aliphatic heterocycles. The zero-order valence-corrected chi connectivity index (χ0v) is 19.2. The normalized spacial score (nSPS) is 14.4. The van der Waals surface area contributed by atoms with Crippen molar-refractivity contribution in [1.82, 2.24) is 19.4 Å². The molecule has 1 saturated heterocycles. The van der Waals surface area contributed by atoms with Crippen molar-refractivity contribution in [3.8, 4) is 5.75 Å². The summed E-state index contributed by atoms with van der Waals surface area (Å²) in [5.41, 5.74) is 1.20. The average molecular weight is 453 g/mol. The van der Waals surface area contributed by atoms with E-state index in [9.17, 15) is 14.4 Å². The number of aromatic nitrogens is 2. The maximum atomic E-state index is 13.3. The lowest BCUT2D eigenvalue weighted by molar-refractivity contribution is -0.131. The molecule has 0 saturated carbocycles. The maximum absolute atomic E-state index is 13.3. The van der Waals surface area contributed by atoms with Gasteiger partial charge in [-0.15, -0.1) is 0 Å². The van der Waals surface area contributed by atoms with E-state index in [1.807, 2.05) is 29.2 Å². The molecule has 0 aliphatic carbocycles. The number of fused-ring (bicyclic) bond motifs is 1. The Morgan fingerprint density at radius 1 is 1.09 bits per heavy atom. The van der Waals surface area contributed by atoms with Gasteiger partial charge in [-0.3, -0.25) is 14.4 Å². The molecule has 0 unspecified atom stereocenters. The van der Waals surface area contributed by atoms with Crippen LogP contribution in [-0.2, 0) is 18.3 Å². The highest BCUT2D eigenvalue weighted by molar-refractivity contribution is 6.06. The molecule has 4 rings (SSSR count). The van der Waals surface area contributed by atoms with E-state index in [1.165, 1.54) is 10.9 Å². The van der Waals surface area contributed by atoms with Crippen LogP contribution in [0.1, 0.15) is 34.5 Å². The predicted octanol–water partition coefficient (Wildman–Crippen LogP) is 2.15. The first-order valence-corrected chi connectivity index (χ1v) is 11.0. The second-order valence-electron chi connectivity index (χ2n) is 8.25. The number of benzene rings is 1. The Kier molecular flexibility index (Phi) is 6.48. The van der Waals surface area contributed by atoms with Crippen molar-refractivity contribution in [1.29, 1.82) is 0 Å². The molecule has 1 aliphatic rings. The summed E-state index contributed by atoms with van der Waals surface area (Å²) in [7, 11) is 3.21. The van der Waals surface area contributed by atoms with Crippen LogP contribution >= 0.6 is 0 Å². The van der Waals surface area contributed by atoms with Gasteiger partial charge in [0, 0.05) is 39.6 Å². The standard InChI is InChI=1S/C24H28N4O5/c1-16-20(21-22(33-16)25-15-26(2)23(21)30)24(31)28-12-4-11-27(13-14-28)19(29)10-7-17-5-8-18(32-3)9-6-17/h5-6,8-9,15H,4,7,10-14H2,1-3H3. The van der Waals surface area contributed by atoms with Gasteiger partial charge in [-0.05, 0) is 37.5 Å². The Morgan fingerprint density at radius 2 is 1.79 bits per heavy atom. The van der Waals surface area contributed by atoms with Crippen molar-refractivity contribution in [3.05, 3.63) is 57.8 Å². The molecule has 0 atom stereocenters. The molecule has 3 aromatic rings. The van der Waals surface area contributed by atoms with E-state index in [-0.39, 0.29) is 34.0 Å². The second-order valence-corrected chi connectivity index (χ2v) is 8.25. The molecular weight excluding hydrogens is 424 g/mol. The summed E-state index contributed by atoms with van der Waals surface area (Å²) in [4.78, 5) is 46.4. The first-order chi connectivity index (χ1) is 15.9. The molecule has 3 heterocycles. The van der Waals surface area contributed by atoms with Crippen LogP contribution in [-0.4, -0.2) is 64.5 Å². The summed E-state index contributed by atoms with van der Waals surface area (Å²) in [6.45, 7) is 3.63. The molecule has 33 heavy (non-hydrogen) atoms. The smallest absolute Gasteiger partial charge is 0.265 e. The monoisotopic (exact) mass is 452 g/mol. The van der Waals surface area contributed by atoms with Gasteiger partial charge in [-0.2, -0.15) is 0 Å². The zero-order chi connectivity index (χ0) is 23.5. The minimum absolute atomic E-state index is 0.0723. The lowest BCUT2D eigenvalue weighted by Gasteiger charge is -2.22. The number of nitrogens with zero attached hydrogens (tertiary/aromatic N) is 4. The summed E-state index contributed by atoms with van der Waals surface area (Å²) in [5, 5.41) is 0.208. The Labute approximate surface area is 191 Å². The van der Waals surface area contributed by atoms with E-state index in [2.05, 4.69) is 4.98 Å². The average Bonchev–Trinajstić information content (AvgIpc) is 2.98. The molecule has 1 fully saturated rings. The minimum Gasteiger partial charge on any atom is -0.497 e. The van der Waals surface area contributed by atoms with Crippen molar-refractivity contribution in [2.75, 3.05) is 33.3 Å². The number of amides is 2. The van der Waals surface area contributed by atoms with Gasteiger partial charge in [-0.1, -0.05) is 12.1 Å². The number of hydrogen-bond acceptors (Lipinski definition) is 6. The number of furan rings is 1. The fourth-order valence-electron chi connectivity index (χ4n) is 4.17. The Hall–Kier alpha value is -3.62. The molecule has 9 heteroatoms. The predicted molar refractivity (Wildman–Crippen MR) is 122 cm³/mol. The lowest BCUT2D eigenvalue weighted by Crippen LogP contribution is -2.37. The van der Waals surface area contributed by atoms with E-state index in [0.717, 1.165) is 11.3 Å². The van der Waals surface area contributed by atoms with Crippen molar-refractivity contribution in [2.45, 2.75) is 26.2 Å². The number of carbonyl (C=O) groups is 2. The number of ether oxygens (including phenoxy) is 1. The molecule has 0 radical (unpaired) electrons. The third kappa shape index (κ3) is 4.62. The van der Waals surface area contributed by atoms with Gasteiger partial charge >= 0.3 is 0 Å². The van der Waals surface area contributed by atoms with Gasteiger partial charge in [0.2, 0.25) is 11.6 Å². The fourth-order valence-corrected chi connectivity index (χ4v) is 4.17. The lowest BCUT2D eigenvalue weighted by atomic mass is 10.1. The second kappa shape index (κ2) is 9.48. The van der Waals surface area contributed by atoms with Gasteiger partial charge < -0.3 is 23.5 Å². The van der Waals surface area contributed by atoms with Gasteiger partial charge in [0.1, 0.15) is 23.2 Å². The van der Waals surface area contributed by atoms with Crippen LogP contribution < -0.4 is 10.3 Å². The molecule has 0 N–H and O–H groups in total. The number of carbonyl (C=O) groups excluding carboxylic acids is 2. The van der Waals surface area contributed by atoms with Crippen LogP contribution in [0.2, 0.25) is 0 Å². The van der Waals surface area contributed by atoms with Crippen molar-refractivity contribution in [2.24, 2.45) is 7.05 Å². The summed E-state index contributed by atoms with van der Waals surface area (Å²) < 4.78 is 12.1. The van der Waals surface area contributed by atoms with Gasteiger partial charge in [0.15, 0.2) is 0 Å². The van der Waals surface area contributed by atoms with Gasteiger partial charge in [-0.25, -0.2) is 4.98 Å². The number of rotatable bonds is 5. The van der Waals surface area contributed by atoms with Gasteiger partial charge in [0.25, 0.3) is 11.5 Å². The summed E-state index contributed by atoms with van der Waals surface area (Å²) in [6, 6.07) is 7.70. The first-order valence-electron chi connectivity index (χ1n) is 11.0. The minimum atomic E-state index is -0.314. The molecule has 0 spiro atoms. The van der Waals surface area contributed by atoms with Crippen LogP contribution in [0.5, 0.6) is 5.75 Å². The zero-order valence-electron chi connectivity index (χ0n) is 19.2. The topological polar surface area (TPSA) is 97.9 Å². The fraction of sp³-hybridized carbons (Fsp3) is 0.417. The Balaban J connectivity index is 1.42. The summed E-state index contributed by atoms with van der Waals surface area (Å²) in [6.07, 6.45) is 3.11. The van der Waals surface area contributed by atoms with E-state index < -0.39 is 0 Å². The number of hydrogen-bond donors (Lipinski definition) is 0. The van der Waals surface area contributed by atoms with Crippen LogP contribution in [0.15, 0.2) is 39.8 Å². The highest BCUT2D eigenvalue weighted by Gasteiger charge is 2.28. The summed E-state index contributed by atoms with van der Waals surface area (Å²) in [5.74, 6) is 0.978. The van der Waals surface area contributed by atoms with Gasteiger partial charge in [0.05, 0.1) is 12.7 Å². The van der Waals surface area contributed by atoms with Crippen LogP contribution in [0.3, 0.4) is 0 Å². The molecule has 2 amide bonds. The molecule has 9 nitrogen and oxygen atoms in total. The number of aryl methyl sites for hydroxylation is 3. The summed E-state index contributed by atoms with van der Waals surface area (Å²) >= 11 is 0. The molecule has 2 aromatic heterocycles. The van der Waals surface area contributed by atoms with Crippen LogP contribution in [0.25, 0.3) is 11.1 Å². The highest BCUT2D eigenvalue weighted by atomic mass is 16.5. The third-order valence-electron chi connectivity index (χ3n) is 6.08. The Bertz CT molecular complexity index is 1230. The maximum Gasteiger partial charge on any atom is 0.265 e. The van der Waals surface area contributed by atoms with E-state index in [1.54, 1.807) is 26.0 Å². The molecule has 174 valence electrons. The SMILES string of the molecule is COc1ccc(CCC(=O)N2CCCN(C(=O)c3c(C)oc4ncn(C)c(=O)c34)CC2)cc1. The van der Waals surface area contributed by atoms with Crippen LogP contribution in [0, 0.1) is 6.92 Å². The number of methoxy groups -OCH3 is 1. The Morgan fingerprint density at radius 3 is 2.52 bits per heavy atom. The molecular formula is C24H28N4O5. The van der Waals surface area contributed by atoms with Crippen molar-refractivity contribution >= 4 is 22.9 Å².